The van der Waals surface area contributed by atoms with E-state index in [2.05, 4.69) is 10.0 Å². The van der Waals surface area contributed by atoms with Crippen LogP contribution in [0, 0.1) is 5.82 Å². The summed E-state index contributed by atoms with van der Waals surface area (Å²) in [5.74, 6) is -0.311. The summed E-state index contributed by atoms with van der Waals surface area (Å²) in [5.41, 5.74) is 0.769. The maximum absolute atomic E-state index is 13.0. The van der Waals surface area contributed by atoms with Gasteiger partial charge < -0.3 is 5.32 Å². The molecule has 0 atom stereocenters. The van der Waals surface area contributed by atoms with Crippen molar-refractivity contribution in [2.75, 3.05) is 33.7 Å². The first-order valence-corrected chi connectivity index (χ1v) is 7.99. The smallest absolute Gasteiger partial charge is 0.279 e. The fraction of sp³-hybridized carbons (Fsp3) is 0.538. The van der Waals surface area contributed by atoms with Crippen LogP contribution in [0.5, 0.6) is 0 Å². The fourth-order valence-corrected chi connectivity index (χ4v) is 2.68. The van der Waals surface area contributed by atoms with Gasteiger partial charge >= 0.3 is 0 Å². The lowest BCUT2D eigenvalue weighted by Gasteiger charge is -2.17. The molecule has 0 aliphatic heterocycles. The van der Waals surface area contributed by atoms with Gasteiger partial charge in [-0.15, -0.1) is 0 Å². The molecule has 0 saturated carbocycles. The summed E-state index contributed by atoms with van der Waals surface area (Å²) in [4.78, 5) is 0. The SMILES string of the molecule is CNCCCN(C)S(=O)(=O)NCCc1cccc(F)c1. The molecule has 114 valence electrons. The van der Waals surface area contributed by atoms with Crippen LogP contribution in [-0.4, -0.2) is 46.5 Å². The molecule has 0 saturated heterocycles. The highest BCUT2D eigenvalue weighted by molar-refractivity contribution is 7.87. The lowest BCUT2D eigenvalue weighted by Crippen LogP contribution is -2.40. The summed E-state index contributed by atoms with van der Waals surface area (Å²) in [5, 5.41) is 2.97. The zero-order chi connectivity index (χ0) is 15.0. The Kier molecular flexibility index (Phi) is 7.08. The van der Waals surface area contributed by atoms with Gasteiger partial charge in [0.05, 0.1) is 0 Å². The predicted molar refractivity (Wildman–Crippen MR) is 78.2 cm³/mol. The molecule has 0 bridgehead atoms. The lowest BCUT2D eigenvalue weighted by atomic mass is 10.1. The van der Waals surface area contributed by atoms with Crippen LogP contribution in [0.15, 0.2) is 24.3 Å². The van der Waals surface area contributed by atoms with Crippen molar-refractivity contribution < 1.29 is 12.8 Å². The topological polar surface area (TPSA) is 61.4 Å². The van der Waals surface area contributed by atoms with E-state index in [1.807, 2.05) is 7.05 Å². The summed E-state index contributed by atoms with van der Waals surface area (Å²) in [6.45, 7) is 1.47. The van der Waals surface area contributed by atoms with E-state index in [-0.39, 0.29) is 12.4 Å². The third kappa shape index (κ3) is 5.96. The number of halogens is 1. The van der Waals surface area contributed by atoms with E-state index < -0.39 is 10.2 Å². The van der Waals surface area contributed by atoms with Crippen molar-refractivity contribution in [1.29, 1.82) is 0 Å². The van der Waals surface area contributed by atoms with Gasteiger partial charge in [-0.3, -0.25) is 0 Å². The molecule has 1 rings (SSSR count). The Morgan fingerprint density at radius 2 is 2.05 bits per heavy atom. The van der Waals surface area contributed by atoms with Gasteiger partial charge in [-0.25, -0.2) is 9.11 Å². The quantitative estimate of drug-likeness (QED) is 0.662. The molecule has 0 amide bonds. The van der Waals surface area contributed by atoms with Crippen molar-refractivity contribution in [3.8, 4) is 0 Å². The third-order valence-electron chi connectivity index (χ3n) is 2.90. The lowest BCUT2D eigenvalue weighted by molar-refractivity contribution is 0.448. The summed E-state index contributed by atoms with van der Waals surface area (Å²) in [6.07, 6.45) is 1.21. The molecule has 20 heavy (non-hydrogen) atoms. The molecule has 1 aromatic carbocycles. The highest BCUT2D eigenvalue weighted by atomic mass is 32.2. The molecule has 0 unspecified atom stereocenters. The number of hydrogen-bond acceptors (Lipinski definition) is 3. The van der Waals surface area contributed by atoms with Crippen LogP contribution in [0.4, 0.5) is 4.39 Å². The minimum Gasteiger partial charge on any atom is -0.320 e. The van der Waals surface area contributed by atoms with E-state index in [4.69, 9.17) is 0 Å². The molecule has 0 fully saturated rings. The molecule has 7 heteroatoms. The Bertz CT molecular complexity index is 508. The highest BCUT2D eigenvalue weighted by Gasteiger charge is 2.15. The minimum absolute atomic E-state index is 0.252. The van der Waals surface area contributed by atoms with Gasteiger partial charge in [0.25, 0.3) is 10.2 Å². The second kappa shape index (κ2) is 8.31. The van der Waals surface area contributed by atoms with Gasteiger partial charge in [-0.05, 0) is 44.1 Å². The number of nitrogens with one attached hydrogen (secondary N) is 2. The number of benzene rings is 1. The van der Waals surface area contributed by atoms with E-state index >= 15 is 0 Å². The van der Waals surface area contributed by atoms with Crippen LogP contribution in [0.2, 0.25) is 0 Å². The first-order valence-electron chi connectivity index (χ1n) is 6.55. The molecule has 1 aromatic rings. The van der Waals surface area contributed by atoms with E-state index in [1.54, 1.807) is 19.2 Å². The second-order valence-electron chi connectivity index (χ2n) is 4.56. The van der Waals surface area contributed by atoms with E-state index in [0.717, 1.165) is 18.5 Å². The number of rotatable bonds is 9. The van der Waals surface area contributed by atoms with Crippen molar-refractivity contribution >= 4 is 10.2 Å². The van der Waals surface area contributed by atoms with Gasteiger partial charge in [0.1, 0.15) is 5.82 Å². The van der Waals surface area contributed by atoms with Crippen LogP contribution < -0.4 is 10.0 Å². The Morgan fingerprint density at radius 1 is 1.30 bits per heavy atom. The van der Waals surface area contributed by atoms with Crippen molar-refractivity contribution in [3.63, 3.8) is 0 Å². The van der Waals surface area contributed by atoms with Crippen LogP contribution >= 0.6 is 0 Å². The standard InChI is InChI=1S/C13H22FN3O2S/c1-15-8-4-10-17(2)20(18,19)16-9-7-12-5-3-6-13(14)11-12/h3,5-6,11,15-16H,4,7-10H2,1-2H3. The van der Waals surface area contributed by atoms with Crippen molar-refractivity contribution in [1.82, 2.24) is 14.3 Å². The number of hydrogen-bond donors (Lipinski definition) is 2. The zero-order valence-corrected chi connectivity index (χ0v) is 12.7. The maximum atomic E-state index is 13.0. The van der Waals surface area contributed by atoms with Crippen LogP contribution in [0.1, 0.15) is 12.0 Å². The molecule has 0 aromatic heterocycles. The van der Waals surface area contributed by atoms with Crippen LogP contribution in [0.25, 0.3) is 0 Å². The average Bonchev–Trinajstić information content (AvgIpc) is 2.38. The average molecular weight is 303 g/mol. The Morgan fingerprint density at radius 3 is 2.70 bits per heavy atom. The Balaban J connectivity index is 2.39. The first kappa shape index (κ1) is 17.0. The van der Waals surface area contributed by atoms with Gasteiger partial charge in [-0.1, -0.05) is 12.1 Å². The maximum Gasteiger partial charge on any atom is 0.279 e. The highest BCUT2D eigenvalue weighted by Crippen LogP contribution is 2.04. The predicted octanol–water partition coefficient (Wildman–Crippen LogP) is 0.744. The molecular weight excluding hydrogens is 281 g/mol. The second-order valence-corrected chi connectivity index (χ2v) is 6.42. The molecule has 2 N–H and O–H groups in total. The molecule has 5 nitrogen and oxygen atoms in total. The van der Waals surface area contributed by atoms with Crippen molar-refractivity contribution in [3.05, 3.63) is 35.6 Å². The van der Waals surface area contributed by atoms with Crippen LogP contribution in [0.3, 0.4) is 0 Å². The zero-order valence-electron chi connectivity index (χ0n) is 11.9. The molecule has 0 aliphatic rings. The Labute approximate surface area is 120 Å². The Hall–Kier alpha value is -1.02. The molecule has 0 radical (unpaired) electrons. The molecule has 0 aliphatic carbocycles. The van der Waals surface area contributed by atoms with Gasteiger partial charge in [0, 0.05) is 20.1 Å². The van der Waals surface area contributed by atoms with E-state index in [0.29, 0.717) is 13.0 Å². The van der Waals surface area contributed by atoms with Gasteiger partial charge in [0.2, 0.25) is 0 Å². The summed E-state index contributed by atoms with van der Waals surface area (Å²) < 4.78 is 40.6. The van der Waals surface area contributed by atoms with Crippen LogP contribution in [-0.2, 0) is 16.6 Å². The third-order valence-corrected chi connectivity index (χ3v) is 4.47. The first-order chi connectivity index (χ1) is 9.45. The monoisotopic (exact) mass is 303 g/mol. The molecule has 0 heterocycles. The van der Waals surface area contributed by atoms with Crippen molar-refractivity contribution in [2.45, 2.75) is 12.8 Å². The van der Waals surface area contributed by atoms with E-state index in [9.17, 15) is 12.8 Å². The minimum atomic E-state index is -3.46. The normalized spacial score (nSPS) is 12.0. The largest absolute Gasteiger partial charge is 0.320 e. The fourth-order valence-electron chi connectivity index (χ4n) is 1.73. The molecular formula is C13H22FN3O2S. The molecule has 0 spiro atoms. The van der Waals surface area contributed by atoms with Crippen molar-refractivity contribution in [2.24, 2.45) is 0 Å². The van der Waals surface area contributed by atoms with Gasteiger partial charge in [0.15, 0.2) is 0 Å². The summed E-state index contributed by atoms with van der Waals surface area (Å²) in [7, 11) is -0.0922. The summed E-state index contributed by atoms with van der Waals surface area (Å²) >= 11 is 0. The number of nitrogens with zero attached hydrogens (tertiary/aromatic N) is 1. The van der Waals surface area contributed by atoms with Gasteiger partial charge in [-0.2, -0.15) is 12.7 Å². The van der Waals surface area contributed by atoms with E-state index in [1.165, 1.54) is 16.4 Å². The summed E-state index contributed by atoms with van der Waals surface area (Å²) in [6, 6.07) is 6.16.